The zero-order chi connectivity index (χ0) is 19.2. The molecule has 4 nitrogen and oxygen atoms in total. The van der Waals surface area contributed by atoms with Crippen LogP contribution in [-0.4, -0.2) is 17.4 Å². The molecule has 6 heteroatoms. The van der Waals surface area contributed by atoms with Gasteiger partial charge in [0.2, 0.25) is 5.91 Å². The monoisotopic (exact) mass is 367 g/mol. The molecule has 0 radical (unpaired) electrons. The smallest absolute Gasteiger partial charge is 0.217 e. The highest BCUT2D eigenvalue weighted by Gasteiger charge is 2.19. The first-order valence-electron chi connectivity index (χ1n) is 8.48. The average molecular weight is 367 g/mol. The molecule has 0 saturated heterocycles. The van der Waals surface area contributed by atoms with E-state index in [0.717, 1.165) is 16.9 Å². The standard InChI is InChI=1S/C21H19F2N3O/c1-15(27)25-21(16-2-4-17(22)5-3-16)14-26(20-10-12-24-13-11-20)19-8-6-18(23)7-9-19/h2-13,21H,14H2,1H3,(H,25,27). The Balaban J connectivity index is 1.97. The summed E-state index contributed by atoms with van der Waals surface area (Å²) >= 11 is 0. The van der Waals surface area contributed by atoms with Gasteiger partial charge in [0.1, 0.15) is 11.6 Å². The van der Waals surface area contributed by atoms with Crippen LogP contribution in [0.15, 0.2) is 73.1 Å². The lowest BCUT2D eigenvalue weighted by Gasteiger charge is -2.30. The van der Waals surface area contributed by atoms with E-state index >= 15 is 0 Å². The maximum atomic E-state index is 13.4. The molecule has 1 heterocycles. The van der Waals surface area contributed by atoms with Gasteiger partial charge in [-0.3, -0.25) is 9.78 Å². The van der Waals surface area contributed by atoms with Gasteiger partial charge in [-0.05, 0) is 54.1 Å². The van der Waals surface area contributed by atoms with Crippen LogP contribution in [0.1, 0.15) is 18.5 Å². The van der Waals surface area contributed by atoms with Crippen LogP contribution in [-0.2, 0) is 4.79 Å². The Labute approximate surface area is 156 Å². The summed E-state index contributed by atoms with van der Waals surface area (Å²) in [6, 6.07) is 15.4. The highest BCUT2D eigenvalue weighted by molar-refractivity contribution is 5.74. The second kappa shape index (κ2) is 8.40. The van der Waals surface area contributed by atoms with Crippen LogP contribution >= 0.6 is 0 Å². The van der Waals surface area contributed by atoms with Crippen LogP contribution in [0.4, 0.5) is 20.2 Å². The maximum absolute atomic E-state index is 13.4. The molecule has 0 aliphatic heterocycles. The molecule has 2 aromatic carbocycles. The molecule has 0 aliphatic rings. The van der Waals surface area contributed by atoms with Crippen LogP contribution in [0, 0.1) is 11.6 Å². The quantitative estimate of drug-likeness (QED) is 0.703. The van der Waals surface area contributed by atoms with E-state index in [1.54, 1.807) is 36.7 Å². The van der Waals surface area contributed by atoms with Crippen molar-refractivity contribution in [2.75, 3.05) is 11.4 Å². The molecule has 0 aliphatic carbocycles. The van der Waals surface area contributed by atoms with E-state index in [2.05, 4.69) is 10.3 Å². The molecule has 1 unspecified atom stereocenters. The van der Waals surface area contributed by atoms with Crippen LogP contribution in [0.25, 0.3) is 0 Å². The Morgan fingerprint density at radius 1 is 0.926 bits per heavy atom. The highest BCUT2D eigenvalue weighted by Crippen LogP contribution is 2.28. The van der Waals surface area contributed by atoms with Crippen molar-refractivity contribution in [3.8, 4) is 0 Å². The number of carbonyl (C=O) groups is 1. The number of hydrogen-bond acceptors (Lipinski definition) is 3. The summed E-state index contributed by atoms with van der Waals surface area (Å²) in [6.07, 6.45) is 3.33. The molecule has 1 atom stereocenters. The van der Waals surface area contributed by atoms with Gasteiger partial charge >= 0.3 is 0 Å². The number of aromatic nitrogens is 1. The van der Waals surface area contributed by atoms with E-state index in [0.29, 0.717) is 6.54 Å². The molecule has 138 valence electrons. The average Bonchev–Trinajstić information content (AvgIpc) is 2.67. The number of halogens is 2. The number of carbonyl (C=O) groups excluding carboxylic acids is 1. The summed E-state index contributed by atoms with van der Waals surface area (Å²) < 4.78 is 26.7. The van der Waals surface area contributed by atoms with Gasteiger partial charge in [-0.2, -0.15) is 0 Å². The van der Waals surface area contributed by atoms with E-state index in [-0.39, 0.29) is 23.6 Å². The van der Waals surface area contributed by atoms with Crippen LogP contribution < -0.4 is 10.2 Å². The minimum Gasteiger partial charge on any atom is -0.348 e. The van der Waals surface area contributed by atoms with Gasteiger partial charge in [-0.25, -0.2) is 8.78 Å². The van der Waals surface area contributed by atoms with Crippen molar-refractivity contribution in [3.63, 3.8) is 0 Å². The number of pyridine rings is 1. The number of hydrogen-bond donors (Lipinski definition) is 1. The summed E-state index contributed by atoms with van der Waals surface area (Å²) in [7, 11) is 0. The van der Waals surface area contributed by atoms with Crippen molar-refractivity contribution in [3.05, 3.63) is 90.3 Å². The lowest BCUT2D eigenvalue weighted by Crippen LogP contribution is -2.35. The molecule has 3 aromatic rings. The van der Waals surface area contributed by atoms with E-state index in [1.807, 2.05) is 17.0 Å². The van der Waals surface area contributed by atoms with E-state index in [9.17, 15) is 13.6 Å². The fraction of sp³-hybridized carbons (Fsp3) is 0.143. The first kappa shape index (κ1) is 18.5. The predicted octanol–water partition coefficient (Wildman–Crippen LogP) is 4.38. The largest absolute Gasteiger partial charge is 0.348 e. The summed E-state index contributed by atoms with van der Waals surface area (Å²) in [5.41, 5.74) is 2.38. The molecule has 1 aromatic heterocycles. The molecule has 0 fully saturated rings. The molecule has 0 spiro atoms. The van der Waals surface area contributed by atoms with Crippen molar-refractivity contribution < 1.29 is 13.6 Å². The second-order valence-electron chi connectivity index (χ2n) is 6.10. The molecular weight excluding hydrogens is 348 g/mol. The second-order valence-corrected chi connectivity index (χ2v) is 6.10. The lowest BCUT2D eigenvalue weighted by atomic mass is 10.1. The van der Waals surface area contributed by atoms with Gasteiger partial charge in [0.05, 0.1) is 6.04 Å². The number of nitrogens with one attached hydrogen (secondary N) is 1. The third kappa shape index (κ3) is 4.88. The molecule has 1 N–H and O–H groups in total. The highest BCUT2D eigenvalue weighted by atomic mass is 19.1. The van der Waals surface area contributed by atoms with Crippen LogP contribution in [0.5, 0.6) is 0 Å². The number of rotatable bonds is 6. The fourth-order valence-electron chi connectivity index (χ4n) is 2.86. The minimum absolute atomic E-state index is 0.196. The third-order valence-corrected chi connectivity index (χ3v) is 4.13. The predicted molar refractivity (Wildman–Crippen MR) is 101 cm³/mol. The Morgan fingerprint density at radius 2 is 1.44 bits per heavy atom. The Morgan fingerprint density at radius 3 is 2.00 bits per heavy atom. The van der Waals surface area contributed by atoms with Gasteiger partial charge in [-0.15, -0.1) is 0 Å². The Kier molecular flexibility index (Phi) is 5.76. The van der Waals surface area contributed by atoms with Crippen LogP contribution in [0.2, 0.25) is 0 Å². The van der Waals surface area contributed by atoms with Gasteiger partial charge in [0.25, 0.3) is 0 Å². The molecule has 3 rings (SSSR count). The summed E-state index contributed by atoms with van der Waals surface area (Å²) in [6.45, 7) is 1.81. The van der Waals surface area contributed by atoms with Gasteiger partial charge < -0.3 is 10.2 Å². The zero-order valence-electron chi connectivity index (χ0n) is 14.8. The number of amides is 1. The fourth-order valence-corrected chi connectivity index (χ4v) is 2.86. The first-order chi connectivity index (χ1) is 13.0. The third-order valence-electron chi connectivity index (χ3n) is 4.13. The van der Waals surface area contributed by atoms with Crippen molar-refractivity contribution in [1.29, 1.82) is 0 Å². The lowest BCUT2D eigenvalue weighted by molar-refractivity contribution is -0.119. The molecule has 27 heavy (non-hydrogen) atoms. The number of nitrogens with zero attached hydrogens (tertiary/aromatic N) is 2. The van der Waals surface area contributed by atoms with Gasteiger partial charge in [0, 0.05) is 37.2 Å². The minimum atomic E-state index is -0.388. The topological polar surface area (TPSA) is 45.2 Å². The van der Waals surface area contributed by atoms with Crippen LogP contribution in [0.3, 0.4) is 0 Å². The number of benzene rings is 2. The van der Waals surface area contributed by atoms with Crippen molar-refractivity contribution in [2.45, 2.75) is 13.0 Å². The number of anilines is 2. The molecule has 1 amide bonds. The van der Waals surface area contributed by atoms with E-state index in [1.165, 1.54) is 31.2 Å². The first-order valence-corrected chi connectivity index (χ1v) is 8.48. The Bertz CT molecular complexity index is 884. The summed E-state index contributed by atoms with van der Waals surface area (Å²) in [4.78, 5) is 17.7. The van der Waals surface area contributed by atoms with Gasteiger partial charge in [0.15, 0.2) is 0 Å². The summed E-state index contributed by atoms with van der Waals surface area (Å²) in [5.74, 6) is -0.867. The van der Waals surface area contributed by atoms with Gasteiger partial charge in [-0.1, -0.05) is 12.1 Å². The van der Waals surface area contributed by atoms with E-state index < -0.39 is 0 Å². The normalized spacial score (nSPS) is 11.7. The zero-order valence-corrected chi connectivity index (χ0v) is 14.8. The van der Waals surface area contributed by atoms with Crippen molar-refractivity contribution in [1.82, 2.24) is 10.3 Å². The SMILES string of the molecule is CC(=O)NC(CN(c1ccncc1)c1ccc(F)cc1)c1ccc(F)cc1. The molecule has 0 bridgehead atoms. The maximum Gasteiger partial charge on any atom is 0.217 e. The van der Waals surface area contributed by atoms with E-state index in [4.69, 9.17) is 0 Å². The summed E-state index contributed by atoms with van der Waals surface area (Å²) in [5, 5.41) is 2.90. The van der Waals surface area contributed by atoms with Crippen molar-refractivity contribution in [2.24, 2.45) is 0 Å². The Hall–Kier alpha value is -3.28. The van der Waals surface area contributed by atoms with Crippen molar-refractivity contribution >= 4 is 17.3 Å². The molecule has 0 saturated carbocycles. The molecular formula is C21H19F2N3O.